The van der Waals surface area contributed by atoms with Crippen LogP contribution >= 0.6 is 11.8 Å². The monoisotopic (exact) mass is 333 g/mol. The number of halogens is 4. The predicted molar refractivity (Wildman–Crippen MR) is 77.6 cm³/mol. The van der Waals surface area contributed by atoms with Gasteiger partial charge in [-0.2, -0.15) is 13.2 Å². The lowest BCUT2D eigenvalue weighted by Gasteiger charge is -2.11. The molecule has 22 heavy (non-hydrogen) atoms. The standard InChI is InChI=1S/C14H15ClF3N3O/c15-21-13(19-11-6-1-2-7-11)20-12(22)9-4-3-5-10(8-9)14(16,17)18/h3-5,8,11H,1-2,6-7H2,(H2,19,20,21,22). The Morgan fingerprint density at radius 3 is 2.55 bits per heavy atom. The predicted octanol–water partition coefficient (Wildman–Crippen LogP) is 3.48. The van der Waals surface area contributed by atoms with Crippen LogP contribution in [-0.4, -0.2) is 17.9 Å². The zero-order valence-corrected chi connectivity index (χ0v) is 12.3. The molecule has 2 rings (SSSR count). The Labute approximate surface area is 130 Å². The fraction of sp³-hybridized carbons (Fsp3) is 0.429. The van der Waals surface area contributed by atoms with Crippen molar-refractivity contribution in [2.45, 2.75) is 37.9 Å². The van der Waals surface area contributed by atoms with Crippen molar-refractivity contribution >= 4 is 23.6 Å². The third-order valence-electron chi connectivity index (χ3n) is 3.41. The van der Waals surface area contributed by atoms with Gasteiger partial charge in [0.25, 0.3) is 5.91 Å². The Balaban J connectivity index is 2.10. The van der Waals surface area contributed by atoms with E-state index in [0.717, 1.165) is 37.8 Å². The molecule has 1 aliphatic rings. The van der Waals surface area contributed by atoms with Crippen molar-refractivity contribution in [3.8, 4) is 0 Å². The van der Waals surface area contributed by atoms with Crippen molar-refractivity contribution < 1.29 is 18.0 Å². The van der Waals surface area contributed by atoms with Crippen molar-refractivity contribution in [3.05, 3.63) is 35.4 Å². The second kappa shape index (κ2) is 7.00. The fourth-order valence-corrected chi connectivity index (χ4v) is 2.41. The maximum absolute atomic E-state index is 12.6. The van der Waals surface area contributed by atoms with E-state index in [2.05, 4.69) is 15.1 Å². The molecule has 1 amide bonds. The largest absolute Gasteiger partial charge is 0.416 e. The third-order valence-corrected chi connectivity index (χ3v) is 3.59. The van der Waals surface area contributed by atoms with Gasteiger partial charge in [-0.25, -0.2) is 4.99 Å². The van der Waals surface area contributed by atoms with E-state index in [1.807, 2.05) is 0 Å². The highest BCUT2D eigenvalue weighted by Crippen LogP contribution is 2.29. The van der Waals surface area contributed by atoms with Crippen LogP contribution in [0.3, 0.4) is 0 Å². The number of hydrogen-bond donors (Lipinski definition) is 2. The van der Waals surface area contributed by atoms with Gasteiger partial charge in [0, 0.05) is 17.3 Å². The van der Waals surface area contributed by atoms with Gasteiger partial charge >= 0.3 is 6.18 Å². The summed E-state index contributed by atoms with van der Waals surface area (Å²) in [5, 5.41) is 2.39. The van der Waals surface area contributed by atoms with Crippen LogP contribution < -0.4 is 10.2 Å². The molecule has 0 spiro atoms. The normalized spacial score (nSPS) is 16.6. The van der Waals surface area contributed by atoms with E-state index in [1.54, 1.807) is 0 Å². The molecule has 8 heteroatoms. The van der Waals surface area contributed by atoms with Crippen LogP contribution in [0.5, 0.6) is 0 Å². The fourth-order valence-electron chi connectivity index (χ4n) is 2.31. The van der Waals surface area contributed by atoms with Crippen molar-refractivity contribution in [3.63, 3.8) is 0 Å². The number of carbonyl (C=O) groups is 1. The highest BCUT2D eigenvalue weighted by molar-refractivity contribution is 6.24. The molecule has 1 saturated carbocycles. The Hall–Kier alpha value is -1.76. The Morgan fingerprint density at radius 2 is 1.95 bits per heavy atom. The van der Waals surface area contributed by atoms with E-state index in [1.165, 1.54) is 12.1 Å². The molecular weight excluding hydrogens is 319 g/mol. The number of nitrogens with zero attached hydrogens (tertiary/aromatic N) is 1. The zero-order chi connectivity index (χ0) is 16.2. The summed E-state index contributed by atoms with van der Waals surface area (Å²) in [6.07, 6.45) is -0.568. The van der Waals surface area contributed by atoms with E-state index in [9.17, 15) is 18.0 Å². The molecule has 120 valence electrons. The molecular formula is C14H15ClF3N3O. The smallest absolute Gasteiger partial charge is 0.292 e. The minimum absolute atomic E-state index is 0.0518. The van der Waals surface area contributed by atoms with Crippen molar-refractivity contribution in [2.75, 3.05) is 0 Å². The molecule has 0 radical (unpaired) electrons. The van der Waals surface area contributed by atoms with Gasteiger partial charge in [-0.15, -0.1) is 0 Å². The lowest BCUT2D eigenvalue weighted by atomic mass is 10.1. The van der Waals surface area contributed by atoms with Crippen LogP contribution in [0.1, 0.15) is 41.6 Å². The van der Waals surface area contributed by atoms with Gasteiger partial charge in [0.15, 0.2) is 0 Å². The number of guanidine groups is 1. The summed E-state index contributed by atoms with van der Waals surface area (Å²) in [4.78, 5) is 18.5. The van der Waals surface area contributed by atoms with Gasteiger partial charge in [-0.1, -0.05) is 18.9 Å². The molecule has 4 nitrogen and oxygen atoms in total. The first kappa shape index (κ1) is 16.6. The number of benzene rings is 1. The molecule has 1 aromatic carbocycles. The van der Waals surface area contributed by atoms with E-state index in [0.29, 0.717) is 0 Å². The molecule has 2 N–H and O–H groups in total. The first-order valence-corrected chi connectivity index (χ1v) is 7.21. The molecule has 1 aliphatic carbocycles. The van der Waals surface area contributed by atoms with Crippen LogP contribution in [0.15, 0.2) is 29.3 Å². The Bertz CT molecular complexity index is 569. The van der Waals surface area contributed by atoms with Crippen LogP contribution in [0, 0.1) is 0 Å². The van der Waals surface area contributed by atoms with Crippen molar-refractivity contribution in [2.24, 2.45) is 4.99 Å². The van der Waals surface area contributed by atoms with Crippen LogP contribution in [0.25, 0.3) is 0 Å². The number of aliphatic imine (C=N–C) groups is 1. The SMILES string of the molecule is O=C(NC(=NC1CCCC1)NCl)c1cccc(C(F)(F)F)c1. The highest BCUT2D eigenvalue weighted by atomic mass is 35.5. The first-order chi connectivity index (χ1) is 10.4. The number of rotatable bonds is 2. The van der Waals surface area contributed by atoms with Gasteiger partial charge < -0.3 is 0 Å². The van der Waals surface area contributed by atoms with Gasteiger partial charge in [0.2, 0.25) is 5.96 Å². The van der Waals surface area contributed by atoms with Gasteiger partial charge in [-0.3, -0.25) is 14.9 Å². The first-order valence-electron chi connectivity index (χ1n) is 6.83. The number of amides is 1. The maximum atomic E-state index is 12.6. The van der Waals surface area contributed by atoms with Crippen LogP contribution in [0.2, 0.25) is 0 Å². The third kappa shape index (κ3) is 4.37. The number of carbonyl (C=O) groups excluding carboxylic acids is 1. The van der Waals surface area contributed by atoms with E-state index in [-0.39, 0.29) is 17.6 Å². The molecule has 0 bridgehead atoms. The van der Waals surface area contributed by atoms with E-state index >= 15 is 0 Å². The van der Waals surface area contributed by atoms with Gasteiger partial charge in [-0.05, 0) is 31.0 Å². The van der Waals surface area contributed by atoms with Crippen LogP contribution in [-0.2, 0) is 6.18 Å². The summed E-state index contributed by atoms with van der Waals surface area (Å²) in [7, 11) is 0. The molecule has 1 fully saturated rings. The highest BCUT2D eigenvalue weighted by Gasteiger charge is 2.31. The average Bonchev–Trinajstić information content (AvgIpc) is 2.98. The molecule has 0 atom stereocenters. The minimum Gasteiger partial charge on any atom is -0.292 e. The Kier molecular flexibility index (Phi) is 5.28. The lowest BCUT2D eigenvalue weighted by Crippen LogP contribution is -2.38. The van der Waals surface area contributed by atoms with Crippen molar-refractivity contribution in [1.82, 2.24) is 10.2 Å². The van der Waals surface area contributed by atoms with E-state index < -0.39 is 17.6 Å². The number of hydrogen-bond acceptors (Lipinski definition) is 2. The number of alkyl halides is 3. The van der Waals surface area contributed by atoms with Crippen molar-refractivity contribution in [1.29, 1.82) is 0 Å². The zero-order valence-electron chi connectivity index (χ0n) is 11.6. The lowest BCUT2D eigenvalue weighted by molar-refractivity contribution is -0.137. The second-order valence-electron chi connectivity index (χ2n) is 5.04. The van der Waals surface area contributed by atoms with Gasteiger partial charge in [0.1, 0.15) is 0 Å². The summed E-state index contributed by atoms with van der Waals surface area (Å²) in [6.45, 7) is 0. The summed E-state index contributed by atoms with van der Waals surface area (Å²) in [6, 6.07) is 4.25. The molecule has 0 aromatic heterocycles. The second-order valence-corrected chi connectivity index (χ2v) is 5.23. The van der Waals surface area contributed by atoms with E-state index in [4.69, 9.17) is 11.8 Å². The molecule has 0 unspecified atom stereocenters. The quantitative estimate of drug-likeness (QED) is 0.494. The van der Waals surface area contributed by atoms with Crippen LogP contribution in [0.4, 0.5) is 13.2 Å². The summed E-state index contributed by atoms with van der Waals surface area (Å²) in [5.41, 5.74) is -0.992. The summed E-state index contributed by atoms with van der Waals surface area (Å²) >= 11 is 5.51. The molecule has 1 aromatic rings. The molecule has 0 aliphatic heterocycles. The summed E-state index contributed by atoms with van der Waals surface area (Å²) in [5.74, 6) is -0.646. The topological polar surface area (TPSA) is 53.5 Å². The summed E-state index contributed by atoms with van der Waals surface area (Å²) < 4.78 is 37.9. The number of nitrogens with one attached hydrogen (secondary N) is 2. The molecule has 0 heterocycles. The molecule has 0 saturated heterocycles. The Morgan fingerprint density at radius 1 is 1.27 bits per heavy atom. The van der Waals surface area contributed by atoms with Gasteiger partial charge in [0.05, 0.1) is 11.6 Å². The maximum Gasteiger partial charge on any atom is 0.416 e. The average molecular weight is 334 g/mol. The minimum atomic E-state index is -4.50.